The smallest absolute Gasteiger partial charge is 0.319 e. The number of aromatic nitrogens is 3. The Labute approximate surface area is 232 Å². The molecule has 1 N–H and O–H groups in total. The summed E-state index contributed by atoms with van der Waals surface area (Å²) < 4.78 is 37.7. The van der Waals surface area contributed by atoms with Crippen LogP contribution in [0, 0.1) is 11.8 Å². The van der Waals surface area contributed by atoms with Crippen molar-refractivity contribution in [3.8, 4) is 11.9 Å². The van der Waals surface area contributed by atoms with Gasteiger partial charge in [0.25, 0.3) is 11.8 Å². The number of hydrogen-bond acceptors (Lipinski definition) is 7. The fourth-order valence-corrected chi connectivity index (χ4v) is 5.97. The Morgan fingerprint density at radius 2 is 1.98 bits per heavy atom. The van der Waals surface area contributed by atoms with E-state index in [0.717, 1.165) is 73.8 Å². The third-order valence-corrected chi connectivity index (χ3v) is 8.57. The van der Waals surface area contributed by atoms with Crippen LogP contribution in [0.5, 0.6) is 11.9 Å². The number of hydrogen-bond donors (Lipinski definition) is 1. The summed E-state index contributed by atoms with van der Waals surface area (Å²) in [6, 6.07) is 9.86. The highest BCUT2D eigenvalue weighted by molar-refractivity contribution is 6.06. The van der Waals surface area contributed by atoms with Crippen LogP contribution in [0.4, 0.5) is 8.78 Å². The average molecular weight is 552 g/mol. The molecule has 0 bridgehead atoms. The van der Waals surface area contributed by atoms with Crippen molar-refractivity contribution in [2.75, 3.05) is 26.8 Å². The average Bonchev–Trinajstić information content (AvgIpc) is 3.60. The topological polar surface area (TPSA) is 89.5 Å². The van der Waals surface area contributed by atoms with Gasteiger partial charge in [-0.05, 0) is 62.8 Å². The lowest BCUT2D eigenvalue weighted by Crippen LogP contribution is -2.38. The van der Waals surface area contributed by atoms with Crippen molar-refractivity contribution in [2.24, 2.45) is 11.8 Å². The second-order valence-electron chi connectivity index (χ2n) is 11.3. The van der Waals surface area contributed by atoms with E-state index in [1.54, 1.807) is 6.20 Å². The number of halogens is 2. The minimum atomic E-state index is -2.63. The molecule has 8 nitrogen and oxygen atoms in total. The van der Waals surface area contributed by atoms with E-state index in [0.29, 0.717) is 23.9 Å². The van der Waals surface area contributed by atoms with Crippen molar-refractivity contribution >= 4 is 16.8 Å². The lowest BCUT2D eigenvalue weighted by atomic mass is 9.83. The zero-order chi connectivity index (χ0) is 27.7. The Kier molecular flexibility index (Phi) is 7.53. The normalized spacial score (nSPS) is 23.8. The molecule has 0 spiro atoms. The van der Waals surface area contributed by atoms with Crippen LogP contribution >= 0.6 is 0 Å². The number of alkyl halides is 2. The fraction of sp³-hybridized carbons (Fsp3) is 0.533. The van der Waals surface area contributed by atoms with Crippen LogP contribution < -0.4 is 14.8 Å². The van der Waals surface area contributed by atoms with E-state index in [2.05, 4.69) is 25.2 Å². The van der Waals surface area contributed by atoms with Gasteiger partial charge in [-0.2, -0.15) is 9.97 Å². The highest BCUT2D eigenvalue weighted by atomic mass is 19.3. The van der Waals surface area contributed by atoms with Crippen molar-refractivity contribution in [3.63, 3.8) is 0 Å². The molecule has 2 saturated carbocycles. The van der Waals surface area contributed by atoms with E-state index in [9.17, 15) is 13.6 Å². The summed E-state index contributed by atoms with van der Waals surface area (Å²) >= 11 is 0. The fourth-order valence-electron chi connectivity index (χ4n) is 5.97. The van der Waals surface area contributed by atoms with Crippen molar-refractivity contribution in [1.29, 1.82) is 0 Å². The maximum absolute atomic E-state index is 13.4. The molecule has 2 fully saturated rings. The molecule has 40 heavy (non-hydrogen) atoms. The van der Waals surface area contributed by atoms with Gasteiger partial charge >= 0.3 is 6.01 Å². The summed E-state index contributed by atoms with van der Waals surface area (Å²) in [5.41, 5.74) is 3.26. The largest absolute Gasteiger partial charge is 0.477 e. The predicted octanol–water partition coefficient (Wildman–Crippen LogP) is 4.80. The van der Waals surface area contributed by atoms with Crippen molar-refractivity contribution in [1.82, 2.24) is 25.2 Å². The second kappa shape index (κ2) is 11.2. The molecule has 1 aromatic carbocycles. The Morgan fingerprint density at radius 3 is 2.75 bits per heavy atom. The van der Waals surface area contributed by atoms with E-state index in [-0.39, 0.29) is 31.0 Å². The minimum Gasteiger partial charge on any atom is -0.477 e. The number of nitrogens with zero attached hydrogens (tertiary/aromatic N) is 4. The van der Waals surface area contributed by atoms with Crippen LogP contribution in [0.25, 0.3) is 10.9 Å². The summed E-state index contributed by atoms with van der Waals surface area (Å²) in [6.45, 7) is 2.41. The van der Waals surface area contributed by atoms with E-state index in [1.165, 1.54) is 7.11 Å². The molecule has 1 atom stereocenters. The number of carbonyl (C=O) groups is 1. The molecule has 1 aliphatic heterocycles. The van der Waals surface area contributed by atoms with E-state index < -0.39 is 11.8 Å². The van der Waals surface area contributed by atoms with Crippen molar-refractivity contribution in [2.45, 2.75) is 63.5 Å². The van der Waals surface area contributed by atoms with Gasteiger partial charge in [0, 0.05) is 49.1 Å². The molecule has 3 aliphatic rings. The SMILES string of the molecule is COc1nc2c(c(OCC3CC3(F)F)n1)CN(CC[C@H]1CC[C@H](NC(=O)c3cccc4ncccc34)CC1)CC2. The first-order chi connectivity index (χ1) is 19.4. The van der Waals surface area contributed by atoms with Gasteiger partial charge in [0.1, 0.15) is 0 Å². The molecule has 1 amide bonds. The summed E-state index contributed by atoms with van der Waals surface area (Å²) in [6.07, 6.45) is 7.53. The number of methoxy groups -OCH3 is 1. The first-order valence-electron chi connectivity index (χ1n) is 14.2. The van der Waals surface area contributed by atoms with Crippen LogP contribution in [-0.2, 0) is 13.0 Å². The standard InChI is InChI=1S/C30H35F2N5O3/c1-39-29-35-26-12-15-37(17-24(26)28(36-29)40-18-20-16-30(20,31)32)14-11-19-7-9-21(10-8-19)34-27(38)23-4-2-6-25-22(23)5-3-13-33-25/h2-6,13,19-21H,7-12,14-18H2,1H3,(H,34,38)/t19-,20?,21-. The molecule has 1 unspecified atom stereocenters. The molecular weight excluding hydrogens is 516 g/mol. The zero-order valence-corrected chi connectivity index (χ0v) is 22.7. The Bertz CT molecular complexity index is 1370. The Hall–Kier alpha value is -3.40. The van der Waals surface area contributed by atoms with Crippen LogP contribution in [0.3, 0.4) is 0 Å². The summed E-state index contributed by atoms with van der Waals surface area (Å²) in [5.74, 6) is -2.42. The van der Waals surface area contributed by atoms with Gasteiger partial charge in [-0.1, -0.05) is 12.1 Å². The number of nitrogens with one attached hydrogen (secondary N) is 1. The van der Waals surface area contributed by atoms with Gasteiger partial charge in [0.2, 0.25) is 5.88 Å². The number of benzene rings is 1. The molecule has 3 heterocycles. The minimum absolute atomic E-state index is 0.0312. The van der Waals surface area contributed by atoms with Crippen LogP contribution in [-0.4, -0.2) is 64.5 Å². The number of fused-ring (bicyclic) bond motifs is 2. The molecule has 2 aromatic heterocycles. The summed E-state index contributed by atoms with van der Waals surface area (Å²) in [7, 11) is 1.50. The molecule has 0 radical (unpaired) electrons. The third-order valence-electron chi connectivity index (χ3n) is 8.57. The number of ether oxygens (including phenoxy) is 2. The molecule has 3 aromatic rings. The lowest BCUT2D eigenvalue weighted by Gasteiger charge is -2.33. The van der Waals surface area contributed by atoms with Gasteiger partial charge in [-0.25, -0.2) is 8.78 Å². The highest BCUT2D eigenvalue weighted by Gasteiger charge is 2.57. The number of pyridine rings is 1. The van der Waals surface area contributed by atoms with E-state index in [1.807, 2.05) is 30.3 Å². The van der Waals surface area contributed by atoms with Gasteiger partial charge in [0.05, 0.1) is 36.4 Å². The van der Waals surface area contributed by atoms with Crippen molar-refractivity contribution < 1.29 is 23.0 Å². The predicted molar refractivity (Wildman–Crippen MR) is 146 cm³/mol. The van der Waals surface area contributed by atoms with Crippen LogP contribution in [0.1, 0.15) is 60.1 Å². The van der Waals surface area contributed by atoms with Gasteiger partial charge in [-0.15, -0.1) is 0 Å². The first-order valence-corrected chi connectivity index (χ1v) is 14.2. The van der Waals surface area contributed by atoms with Gasteiger partial charge in [0.15, 0.2) is 0 Å². The molecule has 2 aliphatic carbocycles. The van der Waals surface area contributed by atoms with Crippen LogP contribution in [0.15, 0.2) is 36.5 Å². The number of carbonyl (C=O) groups excluding carboxylic acids is 1. The molecule has 10 heteroatoms. The van der Waals surface area contributed by atoms with Crippen molar-refractivity contribution in [3.05, 3.63) is 53.3 Å². The summed E-state index contributed by atoms with van der Waals surface area (Å²) in [4.78, 5) is 28.6. The Morgan fingerprint density at radius 1 is 1.15 bits per heavy atom. The maximum atomic E-state index is 13.4. The molecule has 6 rings (SSSR count). The Balaban J connectivity index is 0.995. The first kappa shape index (κ1) is 26.8. The number of rotatable bonds is 9. The van der Waals surface area contributed by atoms with Crippen LogP contribution in [0.2, 0.25) is 0 Å². The lowest BCUT2D eigenvalue weighted by molar-refractivity contribution is 0.0841. The van der Waals surface area contributed by atoms with Gasteiger partial charge in [-0.3, -0.25) is 14.7 Å². The third kappa shape index (κ3) is 5.87. The second-order valence-corrected chi connectivity index (χ2v) is 11.3. The maximum Gasteiger partial charge on any atom is 0.319 e. The summed E-state index contributed by atoms with van der Waals surface area (Å²) in [5, 5.41) is 4.12. The van der Waals surface area contributed by atoms with Gasteiger partial charge < -0.3 is 14.8 Å². The monoisotopic (exact) mass is 551 g/mol. The molecular formula is C30H35F2N5O3. The highest BCUT2D eigenvalue weighted by Crippen LogP contribution is 2.48. The van der Waals surface area contributed by atoms with E-state index >= 15 is 0 Å². The number of amides is 1. The quantitative estimate of drug-likeness (QED) is 0.409. The molecule has 212 valence electrons. The zero-order valence-electron chi connectivity index (χ0n) is 22.7. The van der Waals surface area contributed by atoms with E-state index in [4.69, 9.17) is 9.47 Å². The molecule has 0 saturated heterocycles.